The molecule has 20 heavy (non-hydrogen) atoms. The molecule has 1 unspecified atom stereocenters. The molecule has 0 amide bonds. The minimum Gasteiger partial charge on any atom is -0.448 e. The molecule has 1 N–H and O–H groups in total. The number of terminal acetylenes is 1. The topological polar surface area (TPSA) is 102 Å². The van der Waals surface area contributed by atoms with Crippen LogP contribution in [0.2, 0.25) is 0 Å². The van der Waals surface area contributed by atoms with Gasteiger partial charge < -0.3 is 9.94 Å². The first-order valence-electron chi connectivity index (χ1n) is 6.51. The number of nitrogens with zero attached hydrogens (tertiary/aromatic N) is 2. The first-order chi connectivity index (χ1) is 9.56. The van der Waals surface area contributed by atoms with Gasteiger partial charge in [0, 0.05) is 24.2 Å². The fraction of sp³-hybridized carbons (Fsp3) is 0.692. The van der Waals surface area contributed by atoms with Crippen LogP contribution in [0.3, 0.4) is 0 Å². The molecule has 0 bridgehead atoms. The van der Waals surface area contributed by atoms with Crippen molar-refractivity contribution in [3.63, 3.8) is 0 Å². The molecule has 0 aromatic heterocycles. The van der Waals surface area contributed by atoms with Gasteiger partial charge in [-0.25, -0.2) is 4.79 Å². The standard InChI is InChI=1S/C13H20N2O5/c1-3-5-7-11(15(18)19)8-6-9-12(14-17)13(16)20-10-4-2/h2,11,17H,3,5-10H2,1H3/b14-12+. The number of ether oxygens (including phenoxy) is 1. The maximum atomic E-state index is 11.4. The summed E-state index contributed by atoms with van der Waals surface area (Å²) in [5.74, 6) is 1.33. The minimum atomic E-state index is -0.795. The lowest BCUT2D eigenvalue weighted by Crippen LogP contribution is -2.21. The van der Waals surface area contributed by atoms with Crippen LogP contribution in [0.4, 0.5) is 0 Å². The third-order valence-electron chi connectivity index (χ3n) is 2.78. The summed E-state index contributed by atoms with van der Waals surface area (Å²) >= 11 is 0. The quantitative estimate of drug-likeness (QED) is 0.165. The highest BCUT2D eigenvalue weighted by molar-refractivity contribution is 6.36. The van der Waals surface area contributed by atoms with Gasteiger partial charge in [0.15, 0.2) is 12.3 Å². The Balaban J connectivity index is 4.20. The average molecular weight is 284 g/mol. The number of oxime groups is 1. The molecule has 0 heterocycles. The van der Waals surface area contributed by atoms with Crippen LogP contribution in [0.5, 0.6) is 0 Å². The van der Waals surface area contributed by atoms with Crippen LogP contribution in [-0.2, 0) is 9.53 Å². The lowest BCUT2D eigenvalue weighted by atomic mass is 10.0. The Labute approximate surface area is 118 Å². The molecule has 112 valence electrons. The van der Waals surface area contributed by atoms with Gasteiger partial charge in [-0.1, -0.05) is 24.4 Å². The monoisotopic (exact) mass is 284 g/mol. The van der Waals surface area contributed by atoms with E-state index in [1.165, 1.54) is 0 Å². The lowest BCUT2D eigenvalue weighted by molar-refractivity contribution is -0.524. The number of carbonyl (C=O) groups excluding carboxylic acids is 1. The van der Waals surface area contributed by atoms with Gasteiger partial charge in [0.1, 0.15) is 0 Å². The molecule has 0 aromatic rings. The fourth-order valence-electron chi connectivity index (χ4n) is 1.68. The Morgan fingerprint density at radius 2 is 2.15 bits per heavy atom. The molecular weight excluding hydrogens is 264 g/mol. The van der Waals surface area contributed by atoms with Crippen molar-refractivity contribution in [1.82, 2.24) is 0 Å². The molecule has 0 aliphatic rings. The van der Waals surface area contributed by atoms with E-state index in [9.17, 15) is 14.9 Å². The SMILES string of the molecule is C#CCOC(=O)/C(CCCC(CCCC)[N+](=O)[O-])=N/O. The molecule has 0 aliphatic carbocycles. The van der Waals surface area contributed by atoms with Crippen molar-refractivity contribution >= 4 is 11.7 Å². The molecule has 0 spiro atoms. The lowest BCUT2D eigenvalue weighted by Gasteiger charge is -2.09. The fourth-order valence-corrected chi connectivity index (χ4v) is 1.68. The molecule has 0 aliphatic heterocycles. The van der Waals surface area contributed by atoms with E-state index in [1.807, 2.05) is 6.92 Å². The van der Waals surface area contributed by atoms with E-state index in [2.05, 4.69) is 15.8 Å². The summed E-state index contributed by atoms with van der Waals surface area (Å²) in [4.78, 5) is 21.9. The molecule has 0 saturated heterocycles. The molecule has 7 nitrogen and oxygen atoms in total. The largest absolute Gasteiger partial charge is 0.448 e. The highest BCUT2D eigenvalue weighted by Crippen LogP contribution is 2.12. The van der Waals surface area contributed by atoms with E-state index in [0.717, 1.165) is 12.8 Å². The predicted octanol–water partition coefficient (Wildman–Crippen LogP) is 2.00. The molecule has 0 aromatic carbocycles. The Bertz CT molecular complexity index is 387. The van der Waals surface area contributed by atoms with E-state index in [4.69, 9.17) is 11.6 Å². The van der Waals surface area contributed by atoms with Crippen molar-refractivity contribution in [2.75, 3.05) is 6.61 Å². The maximum Gasteiger partial charge on any atom is 0.357 e. The first kappa shape index (κ1) is 17.9. The summed E-state index contributed by atoms with van der Waals surface area (Å²) in [6.45, 7) is 1.76. The van der Waals surface area contributed by atoms with Gasteiger partial charge in [0.25, 0.3) is 0 Å². The Hall–Kier alpha value is -2.10. The van der Waals surface area contributed by atoms with E-state index >= 15 is 0 Å². The summed E-state index contributed by atoms with van der Waals surface area (Å²) in [5.41, 5.74) is -0.169. The van der Waals surface area contributed by atoms with Crippen LogP contribution in [0.1, 0.15) is 45.4 Å². The third-order valence-corrected chi connectivity index (χ3v) is 2.78. The Kier molecular flexibility index (Phi) is 9.66. The molecule has 0 radical (unpaired) electrons. The number of unbranched alkanes of at least 4 members (excludes halogenated alkanes) is 1. The van der Waals surface area contributed by atoms with Gasteiger partial charge >= 0.3 is 5.97 Å². The molecule has 1 atom stereocenters. The zero-order valence-electron chi connectivity index (χ0n) is 11.6. The van der Waals surface area contributed by atoms with E-state index in [1.54, 1.807) is 0 Å². The van der Waals surface area contributed by atoms with Crippen molar-refractivity contribution in [2.24, 2.45) is 5.16 Å². The first-order valence-corrected chi connectivity index (χ1v) is 6.51. The van der Waals surface area contributed by atoms with Crippen LogP contribution in [0.15, 0.2) is 5.16 Å². The van der Waals surface area contributed by atoms with E-state index in [-0.39, 0.29) is 23.7 Å². The van der Waals surface area contributed by atoms with Crippen LogP contribution >= 0.6 is 0 Å². The molecule has 0 fully saturated rings. The second-order valence-electron chi connectivity index (χ2n) is 4.30. The molecule has 0 saturated carbocycles. The van der Waals surface area contributed by atoms with Crippen molar-refractivity contribution < 1.29 is 19.7 Å². The normalized spacial score (nSPS) is 12.5. The summed E-state index contributed by atoms with van der Waals surface area (Å²) in [6, 6.07) is -0.628. The number of hydrogen-bond acceptors (Lipinski definition) is 6. The molecule has 0 rings (SSSR count). The van der Waals surface area contributed by atoms with E-state index in [0.29, 0.717) is 19.3 Å². The van der Waals surface area contributed by atoms with Gasteiger partial charge in [-0.2, -0.15) is 0 Å². The van der Waals surface area contributed by atoms with Gasteiger partial charge in [0.05, 0.1) is 0 Å². The summed E-state index contributed by atoms with van der Waals surface area (Å²) in [7, 11) is 0. The summed E-state index contributed by atoms with van der Waals surface area (Å²) in [5, 5.41) is 22.4. The number of hydrogen-bond donors (Lipinski definition) is 1. The van der Waals surface area contributed by atoms with Crippen molar-refractivity contribution in [2.45, 2.75) is 51.5 Å². The van der Waals surface area contributed by atoms with Crippen LogP contribution in [0.25, 0.3) is 0 Å². The zero-order valence-corrected chi connectivity index (χ0v) is 11.6. The van der Waals surface area contributed by atoms with Gasteiger partial charge in [0.2, 0.25) is 6.04 Å². The predicted molar refractivity (Wildman–Crippen MR) is 73.2 cm³/mol. The van der Waals surface area contributed by atoms with Crippen LogP contribution < -0.4 is 0 Å². The Morgan fingerprint density at radius 3 is 2.65 bits per heavy atom. The van der Waals surface area contributed by atoms with E-state index < -0.39 is 12.0 Å². The average Bonchev–Trinajstić information content (AvgIpc) is 2.43. The summed E-state index contributed by atoms with van der Waals surface area (Å²) in [6.07, 6.45) is 7.95. The van der Waals surface area contributed by atoms with Crippen LogP contribution in [-0.4, -0.2) is 34.5 Å². The smallest absolute Gasteiger partial charge is 0.357 e. The minimum absolute atomic E-state index is 0.121. The number of nitro groups is 1. The zero-order chi connectivity index (χ0) is 15.4. The highest BCUT2D eigenvalue weighted by Gasteiger charge is 2.20. The molecular formula is C13H20N2O5. The number of esters is 1. The third kappa shape index (κ3) is 7.36. The maximum absolute atomic E-state index is 11.4. The van der Waals surface area contributed by atoms with Crippen molar-refractivity contribution in [3.8, 4) is 12.3 Å². The van der Waals surface area contributed by atoms with Gasteiger partial charge in [-0.15, -0.1) is 6.42 Å². The second kappa shape index (κ2) is 10.8. The summed E-state index contributed by atoms with van der Waals surface area (Å²) < 4.78 is 4.61. The Morgan fingerprint density at radius 1 is 1.50 bits per heavy atom. The highest BCUT2D eigenvalue weighted by atomic mass is 16.6. The van der Waals surface area contributed by atoms with Gasteiger partial charge in [-0.05, 0) is 12.8 Å². The number of carbonyl (C=O) groups is 1. The van der Waals surface area contributed by atoms with Gasteiger partial charge in [-0.3, -0.25) is 10.1 Å². The van der Waals surface area contributed by atoms with Crippen molar-refractivity contribution in [3.05, 3.63) is 10.1 Å². The second-order valence-corrected chi connectivity index (χ2v) is 4.30. The van der Waals surface area contributed by atoms with Crippen LogP contribution in [0, 0.1) is 22.5 Å². The van der Waals surface area contributed by atoms with Crippen molar-refractivity contribution in [1.29, 1.82) is 0 Å². The number of rotatable bonds is 10. The molecule has 7 heteroatoms.